The standard InChI is InChI=1S/C23H20N2O2/c1-27-22-11-10-18(15-6-2-3-8-17(15)22)23(26)25-13-12-21-19(14-25)16-7-4-5-9-20(16)24-21/h2-11,24H,12-14H2,1H3. The highest BCUT2D eigenvalue weighted by molar-refractivity contribution is 6.08. The van der Waals surface area contributed by atoms with Crippen molar-refractivity contribution in [1.29, 1.82) is 0 Å². The van der Waals surface area contributed by atoms with E-state index in [4.69, 9.17) is 4.74 Å². The number of methoxy groups -OCH3 is 1. The predicted octanol–water partition coefficient (Wildman–Crippen LogP) is 4.53. The summed E-state index contributed by atoms with van der Waals surface area (Å²) >= 11 is 0. The van der Waals surface area contributed by atoms with Crippen molar-refractivity contribution in [2.45, 2.75) is 13.0 Å². The van der Waals surface area contributed by atoms with Crippen molar-refractivity contribution >= 4 is 27.6 Å². The van der Waals surface area contributed by atoms with E-state index >= 15 is 0 Å². The first kappa shape index (κ1) is 15.9. The number of carbonyl (C=O) groups excluding carboxylic acids is 1. The van der Waals surface area contributed by atoms with Gasteiger partial charge in [0.2, 0.25) is 0 Å². The van der Waals surface area contributed by atoms with Gasteiger partial charge in [0.25, 0.3) is 5.91 Å². The van der Waals surface area contributed by atoms with Gasteiger partial charge in [-0.3, -0.25) is 4.79 Å². The Morgan fingerprint density at radius 3 is 2.52 bits per heavy atom. The highest BCUT2D eigenvalue weighted by Crippen LogP contribution is 2.32. The molecule has 3 aromatic carbocycles. The van der Waals surface area contributed by atoms with E-state index in [9.17, 15) is 4.79 Å². The number of H-pyrrole nitrogens is 1. The summed E-state index contributed by atoms with van der Waals surface area (Å²) in [6, 6.07) is 20.0. The molecule has 4 nitrogen and oxygen atoms in total. The number of rotatable bonds is 2. The Hall–Kier alpha value is -3.27. The number of hydrogen-bond donors (Lipinski definition) is 1. The van der Waals surface area contributed by atoms with Crippen molar-refractivity contribution in [1.82, 2.24) is 9.88 Å². The second-order valence-electron chi connectivity index (χ2n) is 6.97. The molecule has 1 N–H and O–H groups in total. The molecule has 0 atom stereocenters. The van der Waals surface area contributed by atoms with Crippen molar-refractivity contribution in [3.8, 4) is 5.75 Å². The van der Waals surface area contributed by atoms with E-state index in [0.29, 0.717) is 6.54 Å². The molecule has 0 spiro atoms. The Bertz CT molecular complexity index is 1180. The monoisotopic (exact) mass is 356 g/mol. The number of aromatic amines is 1. The van der Waals surface area contributed by atoms with Crippen LogP contribution < -0.4 is 4.74 Å². The molecule has 0 radical (unpaired) electrons. The molecular weight excluding hydrogens is 336 g/mol. The van der Waals surface area contributed by atoms with Crippen molar-refractivity contribution in [3.05, 3.63) is 77.5 Å². The first-order valence-corrected chi connectivity index (χ1v) is 9.20. The van der Waals surface area contributed by atoms with Crippen LogP contribution in [0, 0.1) is 0 Å². The normalized spacial score (nSPS) is 13.7. The van der Waals surface area contributed by atoms with Gasteiger partial charge in [0.15, 0.2) is 0 Å². The van der Waals surface area contributed by atoms with Crippen LogP contribution >= 0.6 is 0 Å². The van der Waals surface area contributed by atoms with Gasteiger partial charge in [-0.25, -0.2) is 0 Å². The fraction of sp³-hybridized carbons (Fsp3) is 0.174. The van der Waals surface area contributed by atoms with E-state index < -0.39 is 0 Å². The zero-order chi connectivity index (χ0) is 18.4. The third-order valence-corrected chi connectivity index (χ3v) is 5.50. The largest absolute Gasteiger partial charge is 0.496 e. The number of nitrogens with zero attached hydrogens (tertiary/aromatic N) is 1. The fourth-order valence-electron chi connectivity index (χ4n) is 4.15. The van der Waals surface area contributed by atoms with Crippen molar-refractivity contribution in [3.63, 3.8) is 0 Å². The second-order valence-corrected chi connectivity index (χ2v) is 6.97. The number of benzene rings is 3. The lowest BCUT2D eigenvalue weighted by Crippen LogP contribution is -2.35. The minimum absolute atomic E-state index is 0.0739. The van der Waals surface area contributed by atoms with Crippen molar-refractivity contribution in [2.75, 3.05) is 13.7 Å². The summed E-state index contributed by atoms with van der Waals surface area (Å²) in [7, 11) is 1.66. The second kappa shape index (κ2) is 6.16. The minimum Gasteiger partial charge on any atom is -0.496 e. The summed E-state index contributed by atoms with van der Waals surface area (Å²) in [6.45, 7) is 1.36. The van der Waals surface area contributed by atoms with Crippen LogP contribution in [0.25, 0.3) is 21.7 Å². The molecule has 5 rings (SSSR count). The van der Waals surface area contributed by atoms with Gasteiger partial charge in [-0.05, 0) is 23.6 Å². The summed E-state index contributed by atoms with van der Waals surface area (Å²) in [4.78, 5) is 18.8. The van der Waals surface area contributed by atoms with Gasteiger partial charge in [0, 0.05) is 52.6 Å². The average Bonchev–Trinajstić information content (AvgIpc) is 3.10. The zero-order valence-corrected chi connectivity index (χ0v) is 15.2. The molecule has 4 heteroatoms. The number of nitrogens with one attached hydrogen (secondary N) is 1. The molecule has 134 valence electrons. The van der Waals surface area contributed by atoms with E-state index in [0.717, 1.165) is 40.6 Å². The first-order chi connectivity index (χ1) is 13.3. The van der Waals surface area contributed by atoms with Gasteiger partial charge >= 0.3 is 0 Å². The van der Waals surface area contributed by atoms with Crippen LogP contribution in [0.2, 0.25) is 0 Å². The average molecular weight is 356 g/mol. The minimum atomic E-state index is 0.0739. The zero-order valence-electron chi connectivity index (χ0n) is 15.2. The Balaban J connectivity index is 1.55. The SMILES string of the molecule is COc1ccc(C(=O)N2CCc3[nH]c4ccccc4c3C2)c2ccccc12. The van der Waals surface area contributed by atoms with Crippen molar-refractivity contribution < 1.29 is 9.53 Å². The lowest BCUT2D eigenvalue weighted by atomic mass is 10.00. The maximum Gasteiger partial charge on any atom is 0.254 e. The predicted molar refractivity (Wildman–Crippen MR) is 107 cm³/mol. The Kier molecular flexibility index (Phi) is 3.64. The lowest BCUT2D eigenvalue weighted by Gasteiger charge is -2.28. The number of ether oxygens (including phenoxy) is 1. The third kappa shape index (κ3) is 2.48. The summed E-state index contributed by atoms with van der Waals surface area (Å²) in [5, 5.41) is 3.12. The number of fused-ring (bicyclic) bond motifs is 4. The van der Waals surface area contributed by atoms with Crippen LogP contribution in [0.4, 0.5) is 0 Å². The van der Waals surface area contributed by atoms with Crippen LogP contribution in [0.5, 0.6) is 5.75 Å². The summed E-state index contributed by atoms with van der Waals surface area (Å²) in [6.07, 6.45) is 0.851. The highest BCUT2D eigenvalue weighted by Gasteiger charge is 2.26. The number of para-hydroxylation sites is 1. The van der Waals surface area contributed by atoms with Gasteiger partial charge in [0.05, 0.1) is 7.11 Å². The molecule has 0 fully saturated rings. The molecule has 0 bridgehead atoms. The van der Waals surface area contributed by atoms with E-state index in [1.54, 1.807) is 7.11 Å². The Labute approximate surface area is 157 Å². The number of amides is 1. The van der Waals surface area contributed by atoms with Crippen LogP contribution in [0.15, 0.2) is 60.7 Å². The van der Waals surface area contributed by atoms with Gasteiger partial charge < -0.3 is 14.6 Å². The van der Waals surface area contributed by atoms with Crippen molar-refractivity contribution in [2.24, 2.45) is 0 Å². The molecule has 0 saturated heterocycles. The van der Waals surface area contributed by atoms with E-state index in [2.05, 4.69) is 17.1 Å². The molecule has 1 aromatic heterocycles. The molecule has 0 saturated carbocycles. The van der Waals surface area contributed by atoms with E-state index in [1.165, 1.54) is 16.6 Å². The van der Waals surface area contributed by atoms with Gasteiger partial charge in [-0.1, -0.05) is 42.5 Å². The topological polar surface area (TPSA) is 45.3 Å². The molecule has 1 aliphatic heterocycles. The molecule has 0 aliphatic carbocycles. The fourth-order valence-corrected chi connectivity index (χ4v) is 4.15. The van der Waals surface area contributed by atoms with E-state index in [1.807, 2.05) is 53.4 Å². The Morgan fingerprint density at radius 1 is 0.963 bits per heavy atom. The van der Waals surface area contributed by atoms with Gasteiger partial charge in [-0.15, -0.1) is 0 Å². The molecule has 1 amide bonds. The van der Waals surface area contributed by atoms with E-state index in [-0.39, 0.29) is 5.91 Å². The van der Waals surface area contributed by atoms with Crippen LogP contribution in [-0.4, -0.2) is 29.4 Å². The number of aromatic nitrogens is 1. The number of hydrogen-bond acceptors (Lipinski definition) is 2. The molecule has 0 unspecified atom stereocenters. The maximum atomic E-state index is 13.4. The molecular formula is C23H20N2O2. The van der Waals surface area contributed by atoms with Gasteiger partial charge in [-0.2, -0.15) is 0 Å². The van der Waals surface area contributed by atoms with Crippen LogP contribution in [0.1, 0.15) is 21.6 Å². The Morgan fingerprint density at radius 2 is 1.70 bits per heavy atom. The smallest absolute Gasteiger partial charge is 0.254 e. The van der Waals surface area contributed by atoms with Crippen LogP contribution in [0.3, 0.4) is 0 Å². The third-order valence-electron chi connectivity index (χ3n) is 5.50. The summed E-state index contributed by atoms with van der Waals surface area (Å²) in [5.41, 5.74) is 4.37. The molecule has 27 heavy (non-hydrogen) atoms. The van der Waals surface area contributed by atoms with Gasteiger partial charge in [0.1, 0.15) is 5.75 Å². The number of carbonyl (C=O) groups is 1. The molecule has 4 aromatic rings. The molecule has 1 aliphatic rings. The quantitative estimate of drug-likeness (QED) is 0.574. The maximum absolute atomic E-state index is 13.4. The van der Waals surface area contributed by atoms with Crippen LogP contribution in [-0.2, 0) is 13.0 Å². The summed E-state index contributed by atoms with van der Waals surface area (Å²) < 4.78 is 5.46. The molecule has 2 heterocycles. The first-order valence-electron chi connectivity index (χ1n) is 9.20. The highest BCUT2D eigenvalue weighted by atomic mass is 16.5. The summed E-state index contributed by atoms with van der Waals surface area (Å²) in [5.74, 6) is 0.865. The lowest BCUT2D eigenvalue weighted by molar-refractivity contribution is 0.0737.